The van der Waals surface area contributed by atoms with Crippen molar-refractivity contribution in [3.05, 3.63) is 24.3 Å². The van der Waals surface area contributed by atoms with Gasteiger partial charge in [0, 0.05) is 12.8 Å². The maximum Gasteiger partial charge on any atom is 0.328 e. The number of aliphatic hydroxyl groups is 1. The van der Waals surface area contributed by atoms with E-state index in [-0.39, 0.29) is 30.9 Å². The van der Waals surface area contributed by atoms with Crippen LogP contribution < -0.4 is 10.6 Å². The van der Waals surface area contributed by atoms with Crippen LogP contribution in [0.15, 0.2) is 24.3 Å². The quantitative estimate of drug-likeness (QED) is 0.0304. The van der Waals surface area contributed by atoms with E-state index in [2.05, 4.69) is 42.7 Å². The lowest BCUT2D eigenvalue weighted by Crippen LogP contribution is -2.47. The van der Waals surface area contributed by atoms with Crippen LogP contribution in [-0.2, 0) is 23.9 Å². The van der Waals surface area contributed by atoms with Crippen LogP contribution in [0.5, 0.6) is 0 Å². The van der Waals surface area contributed by atoms with Crippen LogP contribution in [0.1, 0.15) is 174 Å². The molecule has 278 valence electrons. The Morgan fingerprint density at radius 2 is 1.19 bits per heavy atom. The lowest BCUT2D eigenvalue weighted by atomic mass is 10.0. The van der Waals surface area contributed by atoms with E-state index in [1.54, 1.807) is 0 Å². The first kappa shape index (κ1) is 45.3. The van der Waals surface area contributed by atoms with E-state index in [1.807, 2.05) is 6.08 Å². The van der Waals surface area contributed by atoms with Crippen LogP contribution >= 0.6 is 0 Å². The van der Waals surface area contributed by atoms with Crippen LogP contribution in [-0.4, -0.2) is 59.3 Å². The number of rotatable bonds is 34. The van der Waals surface area contributed by atoms with E-state index in [1.165, 1.54) is 89.9 Å². The van der Waals surface area contributed by atoms with Crippen molar-refractivity contribution in [2.24, 2.45) is 0 Å². The van der Waals surface area contributed by atoms with E-state index in [0.29, 0.717) is 12.8 Å². The predicted octanol–water partition coefficient (Wildman–Crippen LogP) is 8.48. The number of ether oxygens (including phenoxy) is 1. The highest BCUT2D eigenvalue weighted by molar-refractivity contribution is 5.87. The van der Waals surface area contributed by atoms with Crippen LogP contribution in [0.25, 0.3) is 0 Å². The number of allylic oxidation sites excluding steroid dienone is 3. The highest BCUT2D eigenvalue weighted by atomic mass is 16.5. The lowest BCUT2D eigenvalue weighted by Gasteiger charge is -2.15. The molecule has 0 saturated heterocycles. The van der Waals surface area contributed by atoms with Gasteiger partial charge in [-0.15, -0.1) is 0 Å². The molecule has 0 heterocycles. The third-order valence-electron chi connectivity index (χ3n) is 8.44. The second kappa shape index (κ2) is 34.2. The Kier molecular flexibility index (Phi) is 32.3. The summed E-state index contributed by atoms with van der Waals surface area (Å²) in [5, 5.41) is 22.5. The number of carbonyl (C=O) groups is 4. The van der Waals surface area contributed by atoms with Gasteiger partial charge < -0.3 is 25.6 Å². The fourth-order valence-electron chi connectivity index (χ4n) is 5.41. The fraction of sp³-hybridized carbons (Fsp3) is 0.795. The molecule has 0 spiro atoms. The van der Waals surface area contributed by atoms with Gasteiger partial charge in [-0.2, -0.15) is 0 Å². The highest BCUT2D eigenvalue weighted by Gasteiger charge is 2.18. The molecule has 0 fully saturated rings. The number of carbonyl (C=O) groups excluding carboxylic acids is 3. The SMILES string of the molecule is CCCC/C=C\C/C=C\C(CCCCCCC(=O)NCC(=O)NC(CO)C(=O)O)OC(=O)CCCCCCCCCCCCCCCC. The van der Waals surface area contributed by atoms with E-state index in [9.17, 15) is 19.2 Å². The second-order valence-electron chi connectivity index (χ2n) is 13.0. The van der Waals surface area contributed by atoms with E-state index < -0.39 is 24.5 Å². The molecule has 9 heteroatoms. The minimum Gasteiger partial charge on any atom is -0.480 e. The molecule has 2 amide bonds. The summed E-state index contributed by atoms with van der Waals surface area (Å²) in [6.45, 7) is 3.38. The zero-order valence-corrected chi connectivity index (χ0v) is 30.5. The van der Waals surface area contributed by atoms with Crippen molar-refractivity contribution in [1.29, 1.82) is 0 Å². The number of aliphatic carboxylic acids is 1. The first-order chi connectivity index (χ1) is 23.3. The van der Waals surface area contributed by atoms with Gasteiger partial charge in [0.2, 0.25) is 11.8 Å². The van der Waals surface area contributed by atoms with E-state index in [0.717, 1.165) is 51.4 Å². The Morgan fingerprint density at radius 1 is 0.646 bits per heavy atom. The Labute approximate surface area is 292 Å². The van der Waals surface area contributed by atoms with Crippen LogP contribution in [0.2, 0.25) is 0 Å². The van der Waals surface area contributed by atoms with Crippen molar-refractivity contribution in [3.63, 3.8) is 0 Å². The minimum absolute atomic E-state index is 0.128. The summed E-state index contributed by atoms with van der Waals surface area (Å²) in [5.41, 5.74) is 0. The average Bonchev–Trinajstić information content (AvgIpc) is 3.07. The van der Waals surface area contributed by atoms with Crippen molar-refractivity contribution < 1.29 is 34.1 Å². The minimum atomic E-state index is -1.39. The van der Waals surface area contributed by atoms with Crippen molar-refractivity contribution in [3.8, 4) is 0 Å². The smallest absolute Gasteiger partial charge is 0.328 e. The molecule has 2 unspecified atom stereocenters. The molecule has 0 saturated carbocycles. The summed E-state index contributed by atoms with van der Waals surface area (Å²) in [5.74, 6) is -2.42. The number of carboxylic acids is 1. The van der Waals surface area contributed by atoms with Gasteiger partial charge in [0.25, 0.3) is 0 Å². The fourth-order valence-corrected chi connectivity index (χ4v) is 5.41. The Hall–Kier alpha value is -2.68. The lowest BCUT2D eigenvalue weighted by molar-refractivity contribution is -0.147. The number of unbranched alkanes of at least 4 members (excludes halogenated alkanes) is 18. The Morgan fingerprint density at radius 3 is 1.75 bits per heavy atom. The predicted molar refractivity (Wildman–Crippen MR) is 195 cm³/mol. The van der Waals surface area contributed by atoms with Gasteiger partial charge in [-0.25, -0.2) is 4.79 Å². The van der Waals surface area contributed by atoms with Crippen LogP contribution in [0.3, 0.4) is 0 Å². The third-order valence-corrected chi connectivity index (χ3v) is 8.44. The van der Waals surface area contributed by atoms with Gasteiger partial charge in [0.05, 0.1) is 13.2 Å². The maximum atomic E-state index is 12.6. The standard InChI is InChI=1S/C39H70N2O7/c1-3-5-7-9-11-12-13-14-15-16-17-19-21-27-31-38(45)48-34(28-24-20-18-10-8-6-4-2)29-25-22-23-26-30-36(43)40-32-37(44)41-35(33-42)39(46)47/h10,18,24,28,34-35,42H,3-9,11-17,19-23,25-27,29-33H2,1-2H3,(H,40,43)(H,41,44)(H,46,47)/b18-10-,28-24-. The number of carboxylic acid groups (broad SMARTS) is 1. The molecule has 48 heavy (non-hydrogen) atoms. The second-order valence-corrected chi connectivity index (χ2v) is 13.0. The molecule has 4 N–H and O–H groups in total. The van der Waals surface area contributed by atoms with E-state index in [4.69, 9.17) is 14.9 Å². The number of amides is 2. The summed E-state index contributed by atoms with van der Waals surface area (Å²) in [6, 6.07) is -1.39. The number of esters is 1. The van der Waals surface area contributed by atoms with Crippen LogP contribution in [0, 0.1) is 0 Å². The van der Waals surface area contributed by atoms with Crippen molar-refractivity contribution in [2.75, 3.05) is 13.2 Å². The number of nitrogens with one attached hydrogen (secondary N) is 2. The zero-order valence-electron chi connectivity index (χ0n) is 30.5. The molecule has 0 aromatic carbocycles. The largest absolute Gasteiger partial charge is 0.480 e. The summed E-state index contributed by atoms with van der Waals surface area (Å²) in [7, 11) is 0. The first-order valence-corrected chi connectivity index (χ1v) is 19.2. The molecule has 0 aliphatic rings. The van der Waals surface area contributed by atoms with Gasteiger partial charge in [0.1, 0.15) is 12.1 Å². The summed E-state index contributed by atoms with van der Waals surface area (Å²) >= 11 is 0. The highest BCUT2D eigenvalue weighted by Crippen LogP contribution is 2.15. The van der Waals surface area contributed by atoms with Gasteiger partial charge in [-0.05, 0) is 44.6 Å². The molecule has 0 radical (unpaired) electrons. The normalized spacial score (nSPS) is 12.7. The molecule has 0 aromatic heterocycles. The molecule has 0 bridgehead atoms. The average molecular weight is 679 g/mol. The molecular weight excluding hydrogens is 608 g/mol. The molecular formula is C39H70N2O7. The number of aliphatic hydroxyl groups excluding tert-OH is 1. The van der Waals surface area contributed by atoms with Gasteiger partial charge in [0.15, 0.2) is 0 Å². The molecule has 0 rings (SSSR count). The van der Waals surface area contributed by atoms with Gasteiger partial charge in [-0.3, -0.25) is 14.4 Å². The van der Waals surface area contributed by atoms with Crippen molar-refractivity contribution in [2.45, 2.75) is 187 Å². The summed E-state index contributed by atoms with van der Waals surface area (Å²) in [4.78, 5) is 47.3. The number of hydrogen-bond acceptors (Lipinski definition) is 6. The van der Waals surface area contributed by atoms with Gasteiger partial charge >= 0.3 is 11.9 Å². The van der Waals surface area contributed by atoms with Crippen LogP contribution in [0.4, 0.5) is 0 Å². The molecule has 0 aromatic rings. The first-order valence-electron chi connectivity index (χ1n) is 19.2. The Balaban J connectivity index is 4.25. The summed E-state index contributed by atoms with van der Waals surface area (Å²) in [6.07, 6.45) is 35.1. The summed E-state index contributed by atoms with van der Waals surface area (Å²) < 4.78 is 5.85. The maximum absolute atomic E-state index is 12.6. The topological polar surface area (TPSA) is 142 Å². The van der Waals surface area contributed by atoms with E-state index >= 15 is 0 Å². The molecule has 2 atom stereocenters. The number of hydrogen-bond donors (Lipinski definition) is 4. The van der Waals surface area contributed by atoms with Crippen molar-refractivity contribution >= 4 is 23.8 Å². The molecule has 0 aliphatic carbocycles. The third kappa shape index (κ3) is 30.6. The molecule has 0 aliphatic heterocycles. The molecule has 9 nitrogen and oxygen atoms in total. The monoisotopic (exact) mass is 679 g/mol. The zero-order chi connectivity index (χ0) is 35.5. The Bertz CT molecular complexity index is 874. The van der Waals surface area contributed by atoms with Gasteiger partial charge in [-0.1, -0.05) is 141 Å². The van der Waals surface area contributed by atoms with Crippen molar-refractivity contribution in [1.82, 2.24) is 10.6 Å².